The van der Waals surface area contributed by atoms with Crippen molar-refractivity contribution in [1.29, 1.82) is 0 Å². The third-order valence-electron chi connectivity index (χ3n) is 3.32. The first kappa shape index (κ1) is 16.1. The molecule has 0 radical (unpaired) electrons. The Hall–Kier alpha value is -2.28. The van der Waals surface area contributed by atoms with E-state index in [2.05, 4.69) is 10.0 Å². The van der Waals surface area contributed by atoms with E-state index >= 15 is 0 Å². The zero-order chi connectivity index (χ0) is 16.5. The average Bonchev–Trinajstić information content (AvgIpc) is 2.42. The normalized spacial score (nSPS) is 11.3. The maximum absolute atomic E-state index is 11.9. The standard InChI is InChI=1S/C15H19N3O3S/c1-10-5-6-11(7-13(10)17-22(4,20)21)12-8-14(16-2)15(19)18(3)9-12/h5-9,16-17H,1-4H3. The number of rotatable bonds is 4. The molecular weight excluding hydrogens is 302 g/mol. The van der Waals surface area contributed by atoms with E-state index in [1.165, 1.54) is 4.57 Å². The predicted molar refractivity (Wildman–Crippen MR) is 89.9 cm³/mol. The smallest absolute Gasteiger partial charge is 0.273 e. The van der Waals surface area contributed by atoms with Crippen LogP contribution in [0.5, 0.6) is 0 Å². The monoisotopic (exact) mass is 321 g/mol. The number of hydrogen-bond donors (Lipinski definition) is 2. The van der Waals surface area contributed by atoms with Crippen LogP contribution in [-0.2, 0) is 17.1 Å². The molecule has 2 aromatic rings. The van der Waals surface area contributed by atoms with Gasteiger partial charge < -0.3 is 9.88 Å². The number of aryl methyl sites for hydroxylation is 2. The molecule has 0 saturated carbocycles. The summed E-state index contributed by atoms with van der Waals surface area (Å²) in [5, 5.41) is 2.87. The predicted octanol–water partition coefficient (Wildman–Crippen LogP) is 1.77. The summed E-state index contributed by atoms with van der Waals surface area (Å²) in [6.07, 6.45) is 2.84. The lowest BCUT2D eigenvalue weighted by atomic mass is 10.0. The van der Waals surface area contributed by atoms with Crippen LogP contribution in [0, 0.1) is 6.92 Å². The van der Waals surface area contributed by atoms with Crippen molar-refractivity contribution < 1.29 is 8.42 Å². The molecule has 22 heavy (non-hydrogen) atoms. The summed E-state index contributed by atoms with van der Waals surface area (Å²) in [7, 11) is 0.0200. The molecule has 0 unspecified atom stereocenters. The molecule has 0 fully saturated rings. The van der Waals surface area contributed by atoms with E-state index in [0.717, 1.165) is 22.9 Å². The summed E-state index contributed by atoms with van der Waals surface area (Å²) in [6.45, 7) is 1.83. The summed E-state index contributed by atoms with van der Waals surface area (Å²) < 4.78 is 26.9. The van der Waals surface area contributed by atoms with Crippen molar-refractivity contribution >= 4 is 21.4 Å². The lowest BCUT2D eigenvalue weighted by molar-refractivity contribution is 0.607. The van der Waals surface area contributed by atoms with Gasteiger partial charge in [0.05, 0.1) is 11.9 Å². The fraction of sp³-hybridized carbons (Fsp3) is 0.267. The zero-order valence-electron chi connectivity index (χ0n) is 13.0. The Bertz CT molecular complexity index is 870. The van der Waals surface area contributed by atoms with Crippen LogP contribution in [0.3, 0.4) is 0 Å². The Kier molecular flexibility index (Phi) is 4.27. The molecule has 1 aromatic heterocycles. The lowest BCUT2D eigenvalue weighted by Gasteiger charge is -2.12. The van der Waals surface area contributed by atoms with Crippen molar-refractivity contribution in [3.63, 3.8) is 0 Å². The zero-order valence-corrected chi connectivity index (χ0v) is 13.8. The quantitative estimate of drug-likeness (QED) is 0.899. The van der Waals surface area contributed by atoms with Crippen molar-refractivity contribution in [3.05, 3.63) is 46.4 Å². The second-order valence-electron chi connectivity index (χ2n) is 5.21. The van der Waals surface area contributed by atoms with Gasteiger partial charge in [0, 0.05) is 25.9 Å². The Balaban J connectivity index is 2.57. The molecule has 0 atom stereocenters. The maximum Gasteiger partial charge on any atom is 0.273 e. The van der Waals surface area contributed by atoms with Crippen molar-refractivity contribution in [3.8, 4) is 11.1 Å². The molecule has 7 heteroatoms. The van der Waals surface area contributed by atoms with Gasteiger partial charge in [-0.05, 0) is 30.2 Å². The lowest BCUT2D eigenvalue weighted by Crippen LogP contribution is -2.19. The van der Waals surface area contributed by atoms with Gasteiger partial charge in [0.1, 0.15) is 5.69 Å². The molecule has 118 valence electrons. The third-order valence-corrected chi connectivity index (χ3v) is 3.91. The van der Waals surface area contributed by atoms with E-state index < -0.39 is 10.0 Å². The molecule has 0 bridgehead atoms. The van der Waals surface area contributed by atoms with Gasteiger partial charge in [-0.15, -0.1) is 0 Å². The van der Waals surface area contributed by atoms with Gasteiger partial charge >= 0.3 is 0 Å². The van der Waals surface area contributed by atoms with Crippen molar-refractivity contribution in [2.45, 2.75) is 6.92 Å². The average molecular weight is 321 g/mol. The highest BCUT2D eigenvalue weighted by molar-refractivity contribution is 7.92. The number of benzene rings is 1. The fourth-order valence-electron chi connectivity index (χ4n) is 2.16. The number of nitrogens with one attached hydrogen (secondary N) is 2. The van der Waals surface area contributed by atoms with Gasteiger partial charge in [-0.25, -0.2) is 8.42 Å². The SMILES string of the molecule is CNc1cc(-c2ccc(C)c(NS(C)(=O)=O)c2)cn(C)c1=O. The Morgan fingerprint density at radius 3 is 2.32 bits per heavy atom. The number of pyridine rings is 1. The van der Waals surface area contributed by atoms with Crippen LogP contribution in [0.25, 0.3) is 11.1 Å². The van der Waals surface area contributed by atoms with E-state index in [1.807, 2.05) is 19.1 Å². The highest BCUT2D eigenvalue weighted by atomic mass is 32.2. The minimum Gasteiger partial charge on any atom is -0.384 e. The van der Waals surface area contributed by atoms with Crippen LogP contribution in [0.1, 0.15) is 5.56 Å². The molecule has 0 saturated heterocycles. The van der Waals surface area contributed by atoms with Gasteiger partial charge in [0.15, 0.2) is 0 Å². The first-order chi connectivity index (χ1) is 10.2. The van der Waals surface area contributed by atoms with Crippen LogP contribution in [0.15, 0.2) is 35.3 Å². The fourth-order valence-corrected chi connectivity index (χ4v) is 2.78. The van der Waals surface area contributed by atoms with Gasteiger partial charge in [-0.3, -0.25) is 9.52 Å². The first-order valence-electron chi connectivity index (χ1n) is 6.68. The largest absolute Gasteiger partial charge is 0.384 e. The van der Waals surface area contributed by atoms with Crippen LogP contribution >= 0.6 is 0 Å². The Morgan fingerprint density at radius 2 is 1.73 bits per heavy atom. The van der Waals surface area contributed by atoms with Crippen LogP contribution in [0.2, 0.25) is 0 Å². The summed E-state index contributed by atoms with van der Waals surface area (Å²) >= 11 is 0. The minimum absolute atomic E-state index is 0.118. The molecule has 1 heterocycles. The summed E-state index contributed by atoms with van der Waals surface area (Å²) in [5.74, 6) is 0. The number of nitrogens with zero attached hydrogens (tertiary/aromatic N) is 1. The molecule has 1 aromatic carbocycles. The summed E-state index contributed by atoms with van der Waals surface area (Å²) in [5.41, 5.74) is 3.37. The van der Waals surface area contributed by atoms with E-state index in [9.17, 15) is 13.2 Å². The van der Waals surface area contributed by atoms with E-state index in [4.69, 9.17) is 0 Å². The number of sulfonamides is 1. The summed E-state index contributed by atoms with van der Waals surface area (Å²) in [6, 6.07) is 7.24. The number of aromatic nitrogens is 1. The van der Waals surface area contributed by atoms with Crippen LogP contribution in [0.4, 0.5) is 11.4 Å². The van der Waals surface area contributed by atoms with Gasteiger partial charge in [0.2, 0.25) is 10.0 Å². The molecule has 0 amide bonds. The summed E-state index contributed by atoms with van der Waals surface area (Å²) in [4.78, 5) is 11.9. The molecule has 2 N–H and O–H groups in total. The maximum atomic E-state index is 11.9. The molecule has 0 aliphatic carbocycles. The molecule has 0 spiro atoms. The van der Waals surface area contributed by atoms with Crippen molar-refractivity contribution in [2.24, 2.45) is 7.05 Å². The van der Waals surface area contributed by atoms with Crippen LogP contribution in [-0.4, -0.2) is 26.3 Å². The highest BCUT2D eigenvalue weighted by Gasteiger charge is 2.09. The highest BCUT2D eigenvalue weighted by Crippen LogP contribution is 2.26. The van der Waals surface area contributed by atoms with Crippen LogP contribution < -0.4 is 15.6 Å². The number of anilines is 2. The molecule has 0 aliphatic rings. The van der Waals surface area contributed by atoms with E-state index in [1.54, 1.807) is 32.4 Å². The van der Waals surface area contributed by atoms with Gasteiger partial charge in [-0.1, -0.05) is 12.1 Å². The second-order valence-corrected chi connectivity index (χ2v) is 6.96. The number of hydrogen-bond acceptors (Lipinski definition) is 4. The Morgan fingerprint density at radius 1 is 1.09 bits per heavy atom. The van der Waals surface area contributed by atoms with Crippen molar-refractivity contribution in [1.82, 2.24) is 4.57 Å². The molecular formula is C15H19N3O3S. The first-order valence-corrected chi connectivity index (χ1v) is 8.57. The van der Waals surface area contributed by atoms with Gasteiger partial charge in [0.25, 0.3) is 5.56 Å². The van der Waals surface area contributed by atoms with E-state index in [0.29, 0.717) is 11.4 Å². The molecule has 2 rings (SSSR count). The third kappa shape index (κ3) is 3.48. The topological polar surface area (TPSA) is 80.2 Å². The minimum atomic E-state index is -3.34. The Labute approximate surface area is 129 Å². The van der Waals surface area contributed by atoms with Gasteiger partial charge in [-0.2, -0.15) is 0 Å². The molecule has 6 nitrogen and oxygen atoms in total. The second kappa shape index (κ2) is 5.84. The van der Waals surface area contributed by atoms with E-state index in [-0.39, 0.29) is 5.56 Å². The van der Waals surface area contributed by atoms with Crippen molar-refractivity contribution in [2.75, 3.05) is 23.3 Å². The molecule has 0 aliphatic heterocycles.